The van der Waals surface area contributed by atoms with Crippen molar-refractivity contribution in [1.29, 1.82) is 0 Å². The van der Waals surface area contributed by atoms with Gasteiger partial charge in [-0.3, -0.25) is 9.79 Å². The maximum Gasteiger partial charge on any atom is 0.316 e. The fourth-order valence-electron chi connectivity index (χ4n) is 3.79. The van der Waals surface area contributed by atoms with Gasteiger partial charge in [0, 0.05) is 29.9 Å². The van der Waals surface area contributed by atoms with Crippen molar-refractivity contribution in [2.75, 3.05) is 0 Å². The van der Waals surface area contributed by atoms with Gasteiger partial charge in [-0.2, -0.15) is 0 Å². The first-order valence-corrected chi connectivity index (χ1v) is 9.84. The second kappa shape index (κ2) is 7.54. The highest BCUT2D eigenvalue weighted by atomic mass is 19.1. The third kappa shape index (κ3) is 3.76. The zero-order chi connectivity index (χ0) is 21.5. The van der Waals surface area contributed by atoms with Crippen LogP contribution in [-0.4, -0.2) is 32.9 Å². The molecule has 0 amide bonds. The molecule has 1 aromatic heterocycles. The van der Waals surface area contributed by atoms with E-state index in [0.29, 0.717) is 47.4 Å². The fourth-order valence-corrected chi connectivity index (χ4v) is 3.79. The van der Waals surface area contributed by atoms with Crippen LogP contribution in [0.4, 0.5) is 14.5 Å². The van der Waals surface area contributed by atoms with E-state index in [0.717, 1.165) is 5.56 Å². The molecule has 0 saturated heterocycles. The Morgan fingerprint density at radius 2 is 1.81 bits per heavy atom. The highest BCUT2D eigenvalue weighted by Crippen LogP contribution is 2.32. The van der Waals surface area contributed by atoms with Gasteiger partial charge in [0.1, 0.15) is 17.7 Å². The van der Waals surface area contributed by atoms with Crippen LogP contribution in [0.3, 0.4) is 0 Å². The average Bonchev–Trinajstić information content (AvgIpc) is 3.13. The van der Waals surface area contributed by atoms with Crippen LogP contribution in [-0.2, 0) is 11.2 Å². The van der Waals surface area contributed by atoms with E-state index in [1.807, 2.05) is 0 Å². The lowest BCUT2D eigenvalue weighted by Crippen LogP contribution is -2.38. The summed E-state index contributed by atoms with van der Waals surface area (Å²) in [6.45, 7) is 0. The number of aliphatic carboxylic acids is 1. The Bertz CT molecular complexity index is 1210. The summed E-state index contributed by atoms with van der Waals surface area (Å²) in [5.74, 6) is -1.96. The lowest BCUT2D eigenvalue weighted by atomic mass is 9.82. The Hall–Kier alpha value is -3.68. The smallest absolute Gasteiger partial charge is 0.316 e. The van der Waals surface area contributed by atoms with Crippen molar-refractivity contribution in [3.05, 3.63) is 71.6 Å². The number of rotatable bonds is 5. The number of hydrogen-bond acceptors (Lipinski definition) is 5. The zero-order valence-electron chi connectivity index (χ0n) is 16.3. The van der Waals surface area contributed by atoms with E-state index >= 15 is 0 Å². The number of aromatic nitrogens is 2. The van der Waals surface area contributed by atoms with Gasteiger partial charge in [0.05, 0.1) is 17.3 Å². The molecule has 2 aromatic carbocycles. The van der Waals surface area contributed by atoms with Gasteiger partial charge in [-0.1, -0.05) is 6.07 Å². The molecular weight excluding hydrogens is 404 g/mol. The van der Waals surface area contributed by atoms with Crippen LogP contribution in [0.5, 0.6) is 6.01 Å². The maximum absolute atomic E-state index is 14.8. The molecule has 2 heterocycles. The summed E-state index contributed by atoms with van der Waals surface area (Å²) < 4.78 is 33.8. The van der Waals surface area contributed by atoms with Gasteiger partial charge in [-0.25, -0.2) is 18.7 Å². The van der Waals surface area contributed by atoms with Crippen LogP contribution in [0.1, 0.15) is 24.0 Å². The van der Waals surface area contributed by atoms with Crippen molar-refractivity contribution in [1.82, 2.24) is 9.97 Å². The number of carbonyl (C=O) groups is 1. The molecule has 0 spiro atoms. The summed E-state index contributed by atoms with van der Waals surface area (Å²) in [6.07, 6.45) is 4.13. The molecule has 6 nitrogen and oxygen atoms in total. The van der Waals surface area contributed by atoms with Crippen molar-refractivity contribution in [2.24, 2.45) is 10.9 Å². The topological polar surface area (TPSA) is 84.7 Å². The Labute approximate surface area is 176 Å². The van der Waals surface area contributed by atoms with Gasteiger partial charge in [-0.05, 0) is 54.3 Å². The molecule has 31 heavy (non-hydrogen) atoms. The Morgan fingerprint density at radius 3 is 2.52 bits per heavy atom. The number of aliphatic imine (C=N–C) groups is 1. The van der Waals surface area contributed by atoms with Crippen molar-refractivity contribution in [3.8, 4) is 17.1 Å². The minimum atomic E-state index is -0.818. The molecule has 1 N–H and O–H groups in total. The van der Waals surface area contributed by atoms with Crippen LogP contribution in [0.15, 0.2) is 53.8 Å². The van der Waals surface area contributed by atoms with Gasteiger partial charge in [0.2, 0.25) is 0 Å². The van der Waals surface area contributed by atoms with Gasteiger partial charge in [0.25, 0.3) is 0 Å². The van der Waals surface area contributed by atoms with E-state index in [-0.39, 0.29) is 23.8 Å². The van der Waals surface area contributed by atoms with Gasteiger partial charge in [0.15, 0.2) is 0 Å². The van der Waals surface area contributed by atoms with Gasteiger partial charge >= 0.3 is 12.0 Å². The predicted molar refractivity (Wildman–Crippen MR) is 109 cm³/mol. The maximum atomic E-state index is 14.8. The summed E-state index contributed by atoms with van der Waals surface area (Å²) in [7, 11) is 0. The average molecular weight is 421 g/mol. The first kappa shape index (κ1) is 19.3. The standard InChI is InChI=1S/C23H17F2N3O3/c24-16-2-4-20-13(5-16)9-21(28-20)18-3-1-12(8-19(18)25)15-10-26-23(27-11-15)31-17-6-14(7-17)22(29)30/h1-5,8,10-11,14,17H,6-7,9H2,(H,29,30). The molecule has 0 radical (unpaired) electrons. The van der Waals surface area contributed by atoms with Crippen LogP contribution in [0.2, 0.25) is 0 Å². The lowest BCUT2D eigenvalue weighted by Gasteiger charge is -2.31. The SMILES string of the molecule is O=C(O)C1CC(Oc2ncc(-c3ccc(C4=Nc5ccc(F)cc5C4)c(F)c3)cn2)C1. The summed E-state index contributed by atoms with van der Waals surface area (Å²) >= 11 is 0. The number of hydrogen-bond donors (Lipinski definition) is 1. The minimum Gasteiger partial charge on any atom is -0.481 e. The highest BCUT2D eigenvalue weighted by Gasteiger charge is 2.36. The third-order valence-corrected chi connectivity index (χ3v) is 5.61. The van der Waals surface area contributed by atoms with Crippen molar-refractivity contribution < 1.29 is 23.4 Å². The lowest BCUT2D eigenvalue weighted by molar-refractivity contribution is -0.148. The summed E-state index contributed by atoms with van der Waals surface area (Å²) in [5.41, 5.74) is 3.55. The molecule has 2 aliphatic rings. The minimum absolute atomic E-state index is 0.167. The van der Waals surface area contributed by atoms with Crippen LogP contribution >= 0.6 is 0 Å². The molecular formula is C23H17F2N3O3. The highest BCUT2D eigenvalue weighted by molar-refractivity contribution is 6.06. The number of carboxylic acid groups (broad SMARTS) is 1. The van der Waals surface area contributed by atoms with E-state index in [9.17, 15) is 13.6 Å². The fraction of sp³-hybridized carbons (Fsp3) is 0.217. The van der Waals surface area contributed by atoms with Crippen LogP contribution in [0.25, 0.3) is 11.1 Å². The molecule has 156 valence electrons. The number of benzene rings is 2. The summed E-state index contributed by atoms with van der Waals surface area (Å²) in [6, 6.07) is 9.32. The molecule has 0 atom stereocenters. The van der Waals surface area contributed by atoms with E-state index in [1.54, 1.807) is 18.2 Å². The summed E-state index contributed by atoms with van der Waals surface area (Å²) in [4.78, 5) is 23.6. The third-order valence-electron chi connectivity index (χ3n) is 5.61. The van der Waals surface area contributed by atoms with Crippen LogP contribution in [0, 0.1) is 17.6 Å². The predicted octanol–water partition coefficient (Wildman–Crippen LogP) is 4.34. The van der Waals surface area contributed by atoms with Crippen molar-refractivity contribution in [3.63, 3.8) is 0 Å². The number of halogens is 2. The number of fused-ring (bicyclic) bond motifs is 1. The number of carboxylic acids is 1. The number of ether oxygens (including phenoxy) is 1. The molecule has 3 aromatic rings. The molecule has 1 saturated carbocycles. The number of nitrogens with zero attached hydrogens (tertiary/aromatic N) is 3. The van der Waals surface area contributed by atoms with Crippen molar-refractivity contribution in [2.45, 2.75) is 25.4 Å². The Morgan fingerprint density at radius 1 is 1.03 bits per heavy atom. The monoisotopic (exact) mass is 421 g/mol. The summed E-state index contributed by atoms with van der Waals surface area (Å²) in [5, 5.41) is 8.91. The van der Waals surface area contributed by atoms with Crippen LogP contribution < -0.4 is 4.74 Å². The van der Waals surface area contributed by atoms with E-state index in [4.69, 9.17) is 9.84 Å². The second-order valence-electron chi connectivity index (χ2n) is 7.70. The quantitative estimate of drug-likeness (QED) is 0.663. The normalized spacial score (nSPS) is 19.4. The molecule has 8 heteroatoms. The largest absolute Gasteiger partial charge is 0.481 e. The van der Waals surface area contributed by atoms with E-state index in [1.165, 1.54) is 30.6 Å². The molecule has 0 bridgehead atoms. The van der Waals surface area contributed by atoms with Gasteiger partial charge in [-0.15, -0.1) is 0 Å². The molecule has 1 aliphatic heterocycles. The van der Waals surface area contributed by atoms with Gasteiger partial charge < -0.3 is 9.84 Å². The first-order valence-electron chi connectivity index (χ1n) is 9.84. The molecule has 0 unspecified atom stereocenters. The Kier molecular flexibility index (Phi) is 4.69. The van der Waals surface area contributed by atoms with E-state index in [2.05, 4.69) is 15.0 Å². The molecule has 1 fully saturated rings. The van der Waals surface area contributed by atoms with Crippen molar-refractivity contribution >= 4 is 17.4 Å². The first-order chi connectivity index (χ1) is 15.0. The second-order valence-corrected chi connectivity index (χ2v) is 7.70. The molecule has 1 aliphatic carbocycles. The zero-order valence-corrected chi connectivity index (χ0v) is 16.3. The molecule has 5 rings (SSSR count). The van der Waals surface area contributed by atoms with E-state index < -0.39 is 11.8 Å². The Balaban J connectivity index is 1.29.